The van der Waals surface area contributed by atoms with Gasteiger partial charge in [-0.15, -0.1) is 0 Å². The van der Waals surface area contributed by atoms with Gasteiger partial charge in [-0.05, 0) is 30.5 Å². The molecule has 0 saturated carbocycles. The quantitative estimate of drug-likeness (QED) is 0.711. The minimum Gasteiger partial charge on any atom is -0.508 e. The van der Waals surface area contributed by atoms with Crippen molar-refractivity contribution in [2.45, 2.75) is 32.2 Å². The maximum Gasteiger partial charge on any atom is 0.303 e. The Bertz CT molecular complexity index is 414. The van der Waals surface area contributed by atoms with Crippen LogP contribution < -0.4 is 5.32 Å². The van der Waals surface area contributed by atoms with E-state index in [9.17, 15) is 9.59 Å². The van der Waals surface area contributed by atoms with Gasteiger partial charge in [0.1, 0.15) is 5.75 Å². The van der Waals surface area contributed by atoms with Gasteiger partial charge in [0.2, 0.25) is 5.91 Å². The smallest absolute Gasteiger partial charge is 0.303 e. The lowest BCUT2D eigenvalue weighted by Crippen LogP contribution is -2.35. The zero-order valence-electron chi connectivity index (χ0n) is 10.2. The Morgan fingerprint density at radius 1 is 1.28 bits per heavy atom. The van der Waals surface area contributed by atoms with Gasteiger partial charge in [0, 0.05) is 19.4 Å². The molecule has 0 fully saturated rings. The molecule has 1 unspecified atom stereocenters. The first-order chi connectivity index (χ1) is 8.47. The molecule has 1 atom stereocenters. The third-order valence-corrected chi connectivity index (χ3v) is 2.53. The van der Waals surface area contributed by atoms with E-state index in [2.05, 4.69) is 5.32 Å². The number of hydrogen-bond donors (Lipinski definition) is 3. The minimum absolute atomic E-state index is 0.0169. The highest BCUT2D eigenvalue weighted by molar-refractivity contribution is 5.73. The molecule has 0 radical (unpaired) electrons. The molecule has 0 saturated heterocycles. The van der Waals surface area contributed by atoms with E-state index in [-0.39, 0.29) is 24.1 Å². The van der Waals surface area contributed by atoms with Gasteiger partial charge in [-0.1, -0.05) is 12.1 Å². The first kappa shape index (κ1) is 14.0. The van der Waals surface area contributed by atoms with Crippen LogP contribution in [0, 0.1) is 0 Å². The van der Waals surface area contributed by atoms with Crippen LogP contribution in [-0.4, -0.2) is 28.1 Å². The van der Waals surface area contributed by atoms with Gasteiger partial charge in [0.15, 0.2) is 0 Å². The Labute approximate surface area is 105 Å². The summed E-state index contributed by atoms with van der Waals surface area (Å²) in [5.41, 5.74) is 0.942. The number of hydrogen-bond acceptors (Lipinski definition) is 3. The van der Waals surface area contributed by atoms with Crippen LogP contribution in [0.5, 0.6) is 5.75 Å². The van der Waals surface area contributed by atoms with Crippen molar-refractivity contribution < 1.29 is 19.8 Å². The number of carboxylic acids is 1. The van der Waals surface area contributed by atoms with Crippen molar-refractivity contribution in [3.8, 4) is 5.75 Å². The van der Waals surface area contributed by atoms with Gasteiger partial charge >= 0.3 is 5.97 Å². The fourth-order valence-corrected chi connectivity index (χ4v) is 1.73. The first-order valence-corrected chi connectivity index (χ1v) is 5.74. The largest absolute Gasteiger partial charge is 0.508 e. The van der Waals surface area contributed by atoms with Crippen LogP contribution in [0.2, 0.25) is 0 Å². The van der Waals surface area contributed by atoms with Crippen LogP contribution in [0.15, 0.2) is 24.3 Å². The van der Waals surface area contributed by atoms with Gasteiger partial charge < -0.3 is 15.5 Å². The summed E-state index contributed by atoms with van der Waals surface area (Å²) in [5.74, 6) is -0.874. The number of amides is 1. The molecule has 1 rings (SSSR count). The lowest BCUT2D eigenvalue weighted by atomic mass is 10.0. The highest BCUT2D eigenvalue weighted by Gasteiger charge is 2.12. The molecule has 3 N–H and O–H groups in total. The van der Waals surface area contributed by atoms with Gasteiger partial charge in [-0.2, -0.15) is 0 Å². The van der Waals surface area contributed by atoms with Gasteiger partial charge in [0.25, 0.3) is 0 Å². The van der Waals surface area contributed by atoms with Crippen molar-refractivity contribution in [3.05, 3.63) is 29.8 Å². The molecule has 5 heteroatoms. The zero-order valence-corrected chi connectivity index (χ0v) is 10.2. The standard InChI is InChI=1S/C13H17NO4/c1-9(15)14-11(4-7-13(17)18)8-10-2-5-12(16)6-3-10/h2-3,5-6,11,16H,4,7-8H2,1H3,(H,14,15)(H,17,18). The highest BCUT2D eigenvalue weighted by Crippen LogP contribution is 2.13. The molecule has 0 bridgehead atoms. The molecule has 0 aliphatic carbocycles. The van der Waals surface area contributed by atoms with Crippen LogP contribution in [0.3, 0.4) is 0 Å². The molecule has 5 nitrogen and oxygen atoms in total. The van der Waals surface area contributed by atoms with Crippen molar-refractivity contribution >= 4 is 11.9 Å². The monoisotopic (exact) mass is 251 g/mol. The summed E-state index contributed by atoms with van der Waals surface area (Å²) in [6.07, 6.45) is 0.950. The number of carbonyl (C=O) groups is 2. The number of aliphatic carboxylic acids is 1. The predicted octanol–water partition coefficient (Wildman–Crippen LogP) is 1.30. The van der Waals surface area contributed by atoms with E-state index in [0.717, 1.165) is 5.56 Å². The third kappa shape index (κ3) is 5.34. The lowest BCUT2D eigenvalue weighted by molar-refractivity contribution is -0.137. The number of aromatic hydroxyl groups is 1. The third-order valence-electron chi connectivity index (χ3n) is 2.53. The molecule has 18 heavy (non-hydrogen) atoms. The van der Waals surface area contributed by atoms with E-state index in [4.69, 9.17) is 10.2 Å². The van der Waals surface area contributed by atoms with Crippen LogP contribution in [0.1, 0.15) is 25.3 Å². The molecule has 98 valence electrons. The molecule has 0 aliphatic heterocycles. The molecule has 0 aliphatic rings. The predicted molar refractivity (Wildman–Crippen MR) is 66.3 cm³/mol. The van der Waals surface area contributed by atoms with Crippen molar-refractivity contribution in [1.29, 1.82) is 0 Å². The van der Waals surface area contributed by atoms with Gasteiger partial charge in [-0.25, -0.2) is 0 Å². The normalized spacial score (nSPS) is 11.8. The average molecular weight is 251 g/mol. The molecule has 0 spiro atoms. The second-order valence-corrected chi connectivity index (χ2v) is 4.20. The van der Waals surface area contributed by atoms with E-state index < -0.39 is 5.97 Å². The Morgan fingerprint density at radius 3 is 2.39 bits per heavy atom. The van der Waals surface area contributed by atoms with E-state index in [1.165, 1.54) is 6.92 Å². The second-order valence-electron chi connectivity index (χ2n) is 4.20. The number of phenols is 1. The van der Waals surface area contributed by atoms with Gasteiger partial charge in [-0.3, -0.25) is 9.59 Å². The number of carbonyl (C=O) groups excluding carboxylic acids is 1. The summed E-state index contributed by atoms with van der Waals surface area (Å²) >= 11 is 0. The van der Waals surface area contributed by atoms with Crippen molar-refractivity contribution in [2.75, 3.05) is 0 Å². The van der Waals surface area contributed by atoms with E-state index >= 15 is 0 Å². The van der Waals surface area contributed by atoms with Crippen molar-refractivity contribution in [3.63, 3.8) is 0 Å². The summed E-state index contributed by atoms with van der Waals surface area (Å²) < 4.78 is 0. The molecular weight excluding hydrogens is 234 g/mol. The fourth-order valence-electron chi connectivity index (χ4n) is 1.73. The van der Waals surface area contributed by atoms with Crippen LogP contribution in [-0.2, 0) is 16.0 Å². The second kappa shape index (κ2) is 6.64. The Balaban J connectivity index is 2.61. The number of carboxylic acid groups (broad SMARTS) is 1. The van der Waals surface area contributed by atoms with E-state index in [1.807, 2.05) is 0 Å². The van der Waals surface area contributed by atoms with Gasteiger partial charge in [0.05, 0.1) is 0 Å². The first-order valence-electron chi connectivity index (χ1n) is 5.74. The van der Waals surface area contributed by atoms with Crippen LogP contribution >= 0.6 is 0 Å². The molecule has 1 amide bonds. The highest BCUT2D eigenvalue weighted by atomic mass is 16.4. The average Bonchev–Trinajstić information content (AvgIpc) is 2.28. The SMILES string of the molecule is CC(=O)NC(CCC(=O)O)Cc1ccc(O)cc1. The number of rotatable bonds is 6. The Hall–Kier alpha value is -2.04. The molecular formula is C13H17NO4. The summed E-state index contributed by atoms with van der Waals surface area (Å²) in [4.78, 5) is 21.6. The Kier molecular flexibility index (Phi) is 5.17. The maximum absolute atomic E-state index is 11.0. The topological polar surface area (TPSA) is 86.6 Å². The maximum atomic E-state index is 11.0. The molecule has 0 aromatic heterocycles. The summed E-state index contributed by atoms with van der Waals surface area (Å²) in [5, 5.41) is 20.6. The fraction of sp³-hybridized carbons (Fsp3) is 0.385. The Morgan fingerprint density at radius 2 is 1.89 bits per heavy atom. The zero-order chi connectivity index (χ0) is 13.5. The molecule has 1 aromatic carbocycles. The minimum atomic E-state index is -0.879. The number of nitrogens with one attached hydrogen (secondary N) is 1. The lowest BCUT2D eigenvalue weighted by Gasteiger charge is -2.17. The summed E-state index contributed by atoms with van der Waals surface area (Å²) in [7, 11) is 0. The number of phenolic OH excluding ortho intramolecular Hbond substituents is 1. The van der Waals surface area contributed by atoms with Crippen molar-refractivity contribution in [2.24, 2.45) is 0 Å². The summed E-state index contributed by atoms with van der Waals surface area (Å²) in [6.45, 7) is 1.41. The van der Waals surface area contributed by atoms with Crippen LogP contribution in [0.25, 0.3) is 0 Å². The van der Waals surface area contributed by atoms with E-state index in [0.29, 0.717) is 12.8 Å². The van der Waals surface area contributed by atoms with E-state index in [1.54, 1.807) is 24.3 Å². The molecule has 1 aromatic rings. The molecule has 0 heterocycles. The summed E-state index contributed by atoms with van der Waals surface area (Å²) in [6, 6.07) is 6.44. The number of benzene rings is 1. The van der Waals surface area contributed by atoms with Crippen LogP contribution in [0.4, 0.5) is 0 Å². The van der Waals surface area contributed by atoms with Crippen molar-refractivity contribution in [1.82, 2.24) is 5.32 Å².